The number of nitrogens with zero attached hydrogens (tertiary/aromatic N) is 2. The van der Waals surface area contributed by atoms with E-state index in [-0.39, 0.29) is 6.61 Å². The maximum atomic E-state index is 9.82. The minimum atomic E-state index is -0.931. The van der Waals surface area contributed by atoms with Crippen LogP contribution < -0.4 is 0 Å². The molecule has 84 valence electrons. The van der Waals surface area contributed by atoms with Crippen molar-refractivity contribution in [1.29, 1.82) is 0 Å². The molecule has 4 nitrogen and oxygen atoms in total. The van der Waals surface area contributed by atoms with Crippen molar-refractivity contribution in [1.82, 2.24) is 9.88 Å². The molecule has 1 atom stereocenters. The molecule has 1 aromatic rings. The summed E-state index contributed by atoms with van der Waals surface area (Å²) in [6.45, 7) is 1.79. The van der Waals surface area contributed by atoms with Crippen LogP contribution in [0.1, 0.15) is 12.1 Å². The molecule has 0 aliphatic carbocycles. The quantitative estimate of drug-likeness (QED) is 0.828. The van der Waals surface area contributed by atoms with E-state index in [0.29, 0.717) is 24.0 Å². The van der Waals surface area contributed by atoms with Gasteiger partial charge in [-0.05, 0) is 6.42 Å². The van der Waals surface area contributed by atoms with Gasteiger partial charge in [-0.15, -0.1) is 11.3 Å². The van der Waals surface area contributed by atoms with Gasteiger partial charge in [0.25, 0.3) is 0 Å². The Labute approximate surface area is 97.1 Å². The molecular formula is C9H13ClN2O2S. The minimum Gasteiger partial charge on any atom is -0.393 e. The van der Waals surface area contributed by atoms with Gasteiger partial charge in [-0.2, -0.15) is 0 Å². The van der Waals surface area contributed by atoms with Gasteiger partial charge in [0.1, 0.15) is 5.60 Å². The van der Waals surface area contributed by atoms with Gasteiger partial charge in [0.15, 0.2) is 4.47 Å². The Morgan fingerprint density at radius 3 is 3.00 bits per heavy atom. The maximum Gasteiger partial charge on any atom is 0.183 e. The summed E-state index contributed by atoms with van der Waals surface area (Å²) in [6, 6.07) is 0. The molecule has 0 aromatic carbocycles. The highest BCUT2D eigenvalue weighted by Gasteiger charge is 2.35. The Bertz CT molecular complexity index is 347. The van der Waals surface area contributed by atoms with Crippen LogP contribution in [0.2, 0.25) is 4.47 Å². The molecule has 1 aliphatic rings. The molecule has 1 fully saturated rings. The van der Waals surface area contributed by atoms with Crippen LogP contribution in [0.5, 0.6) is 0 Å². The van der Waals surface area contributed by atoms with E-state index in [0.717, 1.165) is 12.2 Å². The maximum absolute atomic E-state index is 9.82. The van der Waals surface area contributed by atoms with Crippen molar-refractivity contribution in [2.75, 3.05) is 19.7 Å². The van der Waals surface area contributed by atoms with E-state index in [9.17, 15) is 5.11 Å². The van der Waals surface area contributed by atoms with Gasteiger partial charge < -0.3 is 10.2 Å². The number of hydrogen-bond acceptors (Lipinski definition) is 5. The van der Waals surface area contributed by atoms with Crippen molar-refractivity contribution >= 4 is 22.9 Å². The van der Waals surface area contributed by atoms with E-state index in [1.807, 2.05) is 5.38 Å². The summed E-state index contributed by atoms with van der Waals surface area (Å²) in [6.07, 6.45) is 0.612. The van der Waals surface area contributed by atoms with Crippen molar-refractivity contribution in [3.63, 3.8) is 0 Å². The van der Waals surface area contributed by atoms with Crippen LogP contribution >= 0.6 is 22.9 Å². The number of rotatable bonds is 3. The molecule has 1 unspecified atom stereocenters. The number of thiazole rings is 1. The Morgan fingerprint density at radius 1 is 1.67 bits per heavy atom. The van der Waals surface area contributed by atoms with Crippen LogP contribution in [0.3, 0.4) is 0 Å². The van der Waals surface area contributed by atoms with E-state index < -0.39 is 5.60 Å². The minimum absolute atomic E-state index is 0.179. The summed E-state index contributed by atoms with van der Waals surface area (Å²) in [4.78, 5) is 6.22. The summed E-state index contributed by atoms with van der Waals surface area (Å²) < 4.78 is 0.543. The molecular weight excluding hydrogens is 236 g/mol. The molecule has 0 amide bonds. The van der Waals surface area contributed by atoms with E-state index in [2.05, 4.69) is 9.88 Å². The second kappa shape index (κ2) is 4.35. The highest BCUT2D eigenvalue weighted by atomic mass is 35.5. The molecule has 2 N–H and O–H groups in total. The van der Waals surface area contributed by atoms with Crippen LogP contribution in [-0.2, 0) is 6.54 Å². The lowest BCUT2D eigenvalue weighted by Gasteiger charge is -2.20. The van der Waals surface area contributed by atoms with Crippen LogP contribution in [0.25, 0.3) is 0 Å². The molecule has 0 radical (unpaired) electrons. The number of halogens is 1. The Hall–Kier alpha value is -0.200. The lowest BCUT2D eigenvalue weighted by atomic mass is 10.1. The number of likely N-dealkylation sites (tertiary alicyclic amines) is 1. The Balaban J connectivity index is 1.92. The van der Waals surface area contributed by atoms with Crippen molar-refractivity contribution in [3.05, 3.63) is 15.5 Å². The van der Waals surface area contributed by atoms with Gasteiger partial charge in [-0.25, -0.2) is 4.98 Å². The molecule has 2 heterocycles. The summed E-state index contributed by atoms with van der Waals surface area (Å²) in [5, 5.41) is 20.7. The Morgan fingerprint density at radius 2 is 2.47 bits per heavy atom. The highest BCUT2D eigenvalue weighted by molar-refractivity contribution is 7.13. The summed E-state index contributed by atoms with van der Waals surface area (Å²) in [5.74, 6) is 0. The average molecular weight is 249 g/mol. The van der Waals surface area contributed by atoms with Gasteiger partial charge in [0, 0.05) is 25.0 Å². The summed E-state index contributed by atoms with van der Waals surface area (Å²) >= 11 is 7.14. The van der Waals surface area contributed by atoms with Gasteiger partial charge in [0.2, 0.25) is 0 Å². The smallest absolute Gasteiger partial charge is 0.183 e. The van der Waals surface area contributed by atoms with Crippen LogP contribution in [0, 0.1) is 0 Å². The van der Waals surface area contributed by atoms with Crippen LogP contribution in [-0.4, -0.2) is 45.4 Å². The SMILES string of the molecule is OCC1(O)CCN(Cc2csc(Cl)n2)C1. The van der Waals surface area contributed by atoms with Crippen molar-refractivity contribution in [2.45, 2.75) is 18.6 Å². The van der Waals surface area contributed by atoms with Gasteiger partial charge >= 0.3 is 0 Å². The van der Waals surface area contributed by atoms with Gasteiger partial charge in [0.05, 0.1) is 12.3 Å². The van der Waals surface area contributed by atoms with Crippen molar-refractivity contribution in [3.8, 4) is 0 Å². The molecule has 1 aromatic heterocycles. The monoisotopic (exact) mass is 248 g/mol. The molecule has 0 bridgehead atoms. The first-order valence-electron chi connectivity index (χ1n) is 4.77. The molecule has 15 heavy (non-hydrogen) atoms. The molecule has 0 saturated carbocycles. The number of β-amino-alcohol motifs (C(OH)–C–C–N with tert-alkyl or cyclic N) is 1. The summed E-state index contributed by atoms with van der Waals surface area (Å²) in [5.41, 5.74) is -0.00741. The predicted octanol–water partition coefficient (Wildman–Crippen LogP) is 0.726. The normalized spacial score (nSPS) is 27.4. The molecule has 1 saturated heterocycles. The number of aromatic nitrogens is 1. The second-order valence-corrected chi connectivity index (χ2v) is 5.38. The third-order valence-corrected chi connectivity index (χ3v) is 3.64. The fraction of sp³-hybridized carbons (Fsp3) is 0.667. The zero-order valence-corrected chi connectivity index (χ0v) is 9.76. The molecule has 1 aliphatic heterocycles. The number of aliphatic hydroxyl groups is 2. The fourth-order valence-corrected chi connectivity index (χ4v) is 2.56. The largest absolute Gasteiger partial charge is 0.393 e. The predicted molar refractivity (Wildman–Crippen MR) is 59.1 cm³/mol. The van der Waals surface area contributed by atoms with Crippen LogP contribution in [0.15, 0.2) is 5.38 Å². The third kappa shape index (κ3) is 2.68. The summed E-state index contributed by atoms with van der Waals surface area (Å²) in [7, 11) is 0. The molecule has 0 spiro atoms. The lowest BCUT2D eigenvalue weighted by molar-refractivity contribution is -0.00586. The van der Waals surface area contributed by atoms with E-state index in [1.54, 1.807) is 0 Å². The first-order chi connectivity index (χ1) is 7.11. The zero-order chi connectivity index (χ0) is 10.9. The van der Waals surface area contributed by atoms with Crippen molar-refractivity contribution in [2.24, 2.45) is 0 Å². The molecule has 2 rings (SSSR count). The van der Waals surface area contributed by atoms with Crippen molar-refractivity contribution < 1.29 is 10.2 Å². The standard InChI is InChI=1S/C9H13ClN2O2S/c10-8-11-7(4-15-8)3-12-2-1-9(14,5-12)6-13/h4,13-14H,1-3,5-6H2. The Kier molecular flexibility index (Phi) is 3.27. The first kappa shape index (κ1) is 11.3. The first-order valence-corrected chi connectivity index (χ1v) is 6.03. The van der Waals surface area contributed by atoms with E-state index in [1.165, 1.54) is 11.3 Å². The zero-order valence-electron chi connectivity index (χ0n) is 8.19. The third-order valence-electron chi connectivity index (χ3n) is 2.61. The highest BCUT2D eigenvalue weighted by Crippen LogP contribution is 2.23. The van der Waals surface area contributed by atoms with Gasteiger partial charge in [-0.1, -0.05) is 11.6 Å². The lowest BCUT2D eigenvalue weighted by Crippen LogP contribution is -2.36. The fourth-order valence-electron chi connectivity index (χ4n) is 1.79. The van der Waals surface area contributed by atoms with E-state index >= 15 is 0 Å². The number of hydrogen-bond donors (Lipinski definition) is 2. The number of aliphatic hydroxyl groups excluding tert-OH is 1. The van der Waals surface area contributed by atoms with E-state index in [4.69, 9.17) is 16.7 Å². The topological polar surface area (TPSA) is 56.6 Å². The second-order valence-electron chi connectivity index (χ2n) is 3.93. The van der Waals surface area contributed by atoms with Gasteiger partial charge in [-0.3, -0.25) is 4.90 Å². The van der Waals surface area contributed by atoms with Crippen LogP contribution in [0.4, 0.5) is 0 Å². The average Bonchev–Trinajstić information content (AvgIpc) is 2.76. The molecule has 6 heteroatoms.